The number of carbonyl (C=O) groups is 1. The van der Waals surface area contributed by atoms with Crippen LogP contribution in [-0.2, 0) is 7.05 Å². The van der Waals surface area contributed by atoms with Crippen molar-refractivity contribution >= 4 is 11.7 Å². The van der Waals surface area contributed by atoms with Crippen molar-refractivity contribution in [2.45, 2.75) is 0 Å². The van der Waals surface area contributed by atoms with E-state index < -0.39 is 0 Å². The summed E-state index contributed by atoms with van der Waals surface area (Å²) in [5, 5.41) is 2.97. The molecule has 0 saturated carbocycles. The minimum atomic E-state index is -0.256. The molecule has 4 aromatic rings. The van der Waals surface area contributed by atoms with Crippen LogP contribution < -0.4 is 10.9 Å². The molecule has 0 aliphatic heterocycles. The van der Waals surface area contributed by atoms with Crippen LogP contribution in [0.1, 0.15) is 10.4 Å². The van der Waals surface area contributed by atoms with Crippen molar-refractivity contribution in [1.29, 1.82) is 0 Å². The molecule has 148 valence electrons. The predicted octanol–water partition coefficient (Wildman–Crippen LogP) is 2.59. The number of hydrogen-bond acceptors (Lipinski definition) is 7. The van der Waals surface area contributed by atoms with Crippen LogP contribution in [0.2, 0.25) is 0 Å². The molecular formula is C22H18N6O2. The van der Waals surface area contributed by atoms with Crippen LogP contribution in [0.5, 0.6) is 0 Å². The SMILES string of the molecule is Cn1c(NCC(=O)c2cccc(-c3ccncc3)c2)nc(-c2ccncn2)cc1=O. The molecule has 3 aromatic heterocycles. The van der Waals surface area contributed by atoms with Crippen LogP contribution in [0.3, 0.4) is 0 Å². The van der Waals surface area contributed by atoms with Gasteiger partial charge in [-0.2, -0.15) is 0 Å². The Balaban J connectivity index is 1.55. The van der Waals surface area contributed by atoms with E-state index in [1.807, 2.05) is 30.3 Å². The first-order valence-corrected chi connectivity index (χ1v) is 9.24. The van der Waals surface area contributed by atoms with E-state index in [0.29, 0.717) is 17.0 Å². The van der Waals surface area contributed by atoms with Gasteiger partial charge in [0.15, 0.2) is 5.78 Å². The molecule has 8 heteroatoms. The third kappa shape index (κ3) is 4.12. The second-order valence-electron chi connectivity index (χ2n) is 6.55. The Bertz CT molecular complexity index is 1240. The molecule has 0 saturated heterocycles. The number of carbonyl (C=O) groups excluding carboxylic acids is 1. The number of aromatic nitrogens is 5. The lowest BCUT2D eigenvalue weighted by Crippen LogP contribution is -2.24. The number of Topliss-reactive ketones (excluding diaryl/α,β-unsaturated/α-hetero) is 1. The van der Waals surface area contributed by atoms with E-state index in [9.17, 15) is 9.59 Å². The summed E-state index contributed by atoms with van der Waals surface area (Å²) in [6.07, 6.45) is 6.39. The molecule has 0 fully saturated rings. The van der Waals surface area contributed by atoms with Gasteiger partial charge in [-0.3, -0.25) is 19.1 Å². The number of nitrogens with one attached hydrogen (secondary N) is 1. The second kappa shape index (κ2) is 8.44. The molecule has 0 unspecified atom stereocenters. The van der Waals surface area contributed by atoms with Gasteiger partial charge in [0.05, 0.1) is 17.9 Å². The number of ketones is 1. The van der Waals surface area contributed by atoms with Crippen molar-refractivity contribution < 1.29 is 4.79 Å². The van der Waals surface area contributed by atoms with Gasteiger partial charge < -0.3 is 5.32 Å². The summed E-state index contributed by atoms with van der Waals surface area (Å²) in [6.45, 7) is -0.00664. The maximum Gasteiger partial charge on any atom is 0.255 e. The van der Waals surface area contributed by atoms with Crippen molar-refractivity contribution in [3.63, 3.8) is 0 Å². The van der Waals surface area contributed by atoms with E-state index >= 15 is 0 Å². The molecule has 4 rings (SSSR count). The third-order valence-corrected chi connectivity index (χ3v) is 4.58. The lowest BCUT2D eigenvalue weighted by Gasteiger charge is -2.11. The highest BCUT2D eigenvalue weighted by molar-refractivity contribution is 5.99. The lowest BCUT2D eigenvalue weighted by atomic mass is 10.0. The van der Waals surface area contributed by atoms with Crippen LogP contribution >= 0.6 is 0 Å². The van der Waals surface area contributed by atoms with Gasteiger partial charge in [0.2, 0.25) is 5.95 Å². The van der Waals surface area contributed by atoms with Gasteiger partial charge in [0.1, 0.15) is 6.33 Å². The zero-order valence-electron chi connectivity index (χ0n) is 16.2. The first-order chi connectivity index (χ1) is 14.6. The van der Waals surface area contributed by atoms with Crippen molar-refractivity contribution in [3.8, 4) is 22.5 Å². The van der Waals surface area contributed by atoms with E-state index in [0.717, 1.165) is 11.1 Å². The molecule has 0 atom stereocenters. The lowest BCUT2D eigenvalue weighted by molar-refractivity contribution is 0.101. The van der Waals surface area contributed by atoms with Gasteiger partial charge in [0, 0.05) is 37.3 Å². The molecule has 0 amide bonds. The van der Waals surface area contributed by atoms with Gasteiger partial charge in [0.25, 0.3) is 5.56 Å². The number of benzene rings is 1. The average Bonchev–Trinajstić information content (AvgIpc) is 2.81. The summed E-state index contributed by atoms with van der Waals surface area (Å²) in [5.74, 6) is 0.169. The largest absolute Gasteiger partial charge is 0.348 e. The van der Waals surface area contributed by atoms with Crippen molar-refractivity contribution in [3.05, 3.63) is 89.4 Å². The maximum atomic E-state index is 12.7. The Morgan fingerprint density at radius 3 is 2.53 bits per heavy atom. The predicted molar refractivity (Wildman–Crippen MR) is 113 cm³/mol. The summed E-state index contributed by atoms with van der Waals surface area (Å²) in [4.78, 5) is 41.5. The summed E-state index contributed by atoms with van der Waals surface area (Å²) in [7, 11) is 1.59. The fourth-order valence-corrected chi connectivity index (χ4v) is 2.95. The molecule has 0 aliphatic rings. The number of hydrogen-bond donors (Lipinski definition) is 1. The quantitative estimate of drug-likeness (QED) is 0.498. The molecular weight excluding hydrogens is 380 g/mol. The average molecular weight is 398 g/mol. The molecule has 0 spiro atoms. The maximum absolute atomic E-state index is 12.7. The van der Waals surface area contributed by atoms with Crippen molar-refractivity contribution in [1.82, 2.24) is 24.5 Å². The Labute approximate surface area is 172 Å². The van der Waals surface area contributed by atoms with Gasteiger partial charge in [-0.1, -0.05) is 18.2 Å². The monoisotopic (exact) mass is 398 g/mol. The van der Waals surface area contributed by atoms with Crippen LogP contribution in [0.4, 0.5) is 5.95 Å². The highest BCUT2D eigenvalue weighted by Crippen LogP contribution is 2.20. The van der Waals surface area contributed by atoms with E-state index in [-0.39, 0.29) is 23.8 Å². The minimum absolute atomic E-state index is 0.00664. The first kappa shape index (κ1) is 19.1. The Morgan fingerprint density at radius 1 is 0.967 bits per heavy atom. The molecule has 1 aromatic carbocycles. The van der Waals surface area contributed by atoms with Gasteiger partial charge >= 0.3 is 0 Å². The Kier molecular flexibility index (Phi) is 5.38. The minimum Gasteiger partial charge on any atom is -0.348 e. The van der Waals surface area contributed by atoms with Crippen LogP contribution in [0.15, 0.2) is 78.2 Å². The van der Waals surface area contributed by atoms with Crippen LogP contribution in [-0.4, -0.2) is 36.8 Å². The number of nitrogens with zero attached hydrogens (tertiary/aromatic N) is 5. The van der Waals surface area contributed by atoms with Crippen molar-refractivity contribution in [2.24, 2.45) is 7.05 Å². The number of rotatable bonds is 6. The molecule has 1 N–H and O–H groups in total. The molecule has 8 nitrogen and oxygen atoms in total. The first-order valence-electron chi connectivity index (χ1n) is 9.24. The van der Waals surface area contributed by atoms with E-state index in [1.165, 1.54) is 17.0 Å². The number of pyridine rings is 1. The van der Waals surface area contributed by atoms with Crippen LogP contribution in [0, 0.1) is 0 Å². The Morgan fingerprint density at radius 2 is 1.77 bits per heavy atom. The van der Waals surface area contributed by atoms with Gasteiger partial charge in [-0.05, 0) is 35.4 Å². The molecule has 0 bridgehead atoms. The summed E-state index contributed by atoms with van der Waals surface area (Å²) < 4.78 is 1.35. The van der Waals surface area contributed by atoms with Gasteiger partial charge in [-0.25, -0.2) is 15.0 Å². The van der Waals surface area contributed by atoms with E-state index in [4.69, 9.17) is 0 Å². The van der Waals surface area contributed by atoms with Gasteiger partial charge in [-0.15, -0.1) is 0 Å². The second-order valence-corrected chi connectivity index (χ2v) is 6.55. The number of anilines is 1. The normalized spacial score (nSPS) is 10.6. The third-order valence-electron chi connectivity index (χ3n) is 4.58. The Hall–Kier alpha value is -4.20. The highest BCUT2D eigenvalue weighted by Gasteiger charge is 2.12. The summed E-state index contributed by atoms with van der Waals surface area (Å²) >= 11 is 0. The standard InChI is InChI=1S/C22H18N6O2/c1-28-21(30)12-19(18-7-10-24-14-26-18)27-22(28)25-13-20(29)17-4-2-3-16(11-17)15-5-8-23-9-6-15/h2-12,14H,13H2,1H3,(H,25,27). The van der Waals surface area contributed by atoms with Crippen molar-refractivity contribution in [2.75, 3.05) is 11.9 Å². The zero-order valence-corrected chi connectivity index (χ0v) is 16.2. The molecule has 0 aliphatic carbocycles. The molecule has 3 heterocycles. The van der Waals surface area contributed by atoms with Crippen LogP contribution in [0.25, 0.3) is 22.5 Å². The zero-order chi connectivity index (χ0) is 20.9. The van der Waals surface area contributed by atoms with E-state index in [2.05, 4.69) is 25.3 Å². The fourth-order valence-electron chi connectivity index (χ4n) is 2.95. The van der Waals surface area contributed by atoms with E-state index in [1.54, 1.807) is 37.8 Å². The highest BCUT2D eigenvalue weighted by atomic mass is 16.1. The molecule has 0 radical (unpaired) electrons. The smallest absolute Gasteiger partial charge is 0.255 e. The summed E-state index contributed by atoms with van der Waals surface area (Å²) in [6, 6.07) is 14.2. The molecule has 30 heavy (non-hydrogen) atoms. The topological polar surface area (TPSA) is 103 Å². The fraction of sp³-hybridized carbons (Fsp3) is 0.0909. The summed E-state index contributed by atoms with van der Waals surface area (Å²) in [5.41, 5.74) is 3.16.